The minimum Gasteiger partial charge on any atom is -0.337 e. The minimum absolute atomic E-state index is 0.0778. The highest BCUT2D eigenvalue weighted by atomic mass is 32.1. The molecule has 1 N–H and O–H groups in total. The quantitative estimate of drug-likeness (QED) is 0.672. The third-order valence-corrected chi connectivity index (χ3v) is 3.72. The molecule has 2 rings (SSSR count). The third kappa shape index (κ3) is 1.44. The smallest absolute Gasteiger partial charge is 0.238 e. The molecule has 2 fully saturated rings. The summed E-state index contributed by atoms with van der Waals surface area (Å²) in [6.45, 7) is 5.21. The van der Waals surface area contributed by atoms with E-state index in [9.17, 15) is 4.79 Å². The van der Waals surface area contributed by atoms with E-state index < -0.39 is 0 Å². The molecule has 0 aliphatic carbocycles. The number of thiol groups is 1. The SMILES string of the molecule is CCCC1(C)NC(=O)C2CC(S)CN21. The second-order valence-corrected chi connectivity index (χ2v) is 5.30. The fraction of sp³-hybridized carbons (Fsp3) is 0.900. The van der Waals surface area contributed by atoms with Crippen LogP contribution in [-0.4, -0.2) is 34.3 Å². The summed E-state index contributed by atoms with van der Waals surface area (Å²) in [5.74, 6) is 0.192. The van der Waals surface area contributed by atoms with Crippen LogP contribution >= 0.6 is 12.6 Å². The Bertz CT molecular complexity index is 259. The third-order valence-electron chi connectivity index (χ3n) is 3.34. The first-order chi connectivity index (χ1) is 6.57. The maximum Gasteiger partial charge on any atom is 0.238 e. The molecule has 0 aromatic rings. The molecule has 3 atom stereocenters. The lowest BCUT2D eigenvalue weighted by Crippen LogP contribution is -2.49. The van der Waals surface area contributed by atoms with Crippen LogP contribution in [0, 0.1) is 0 Å². The lowest BCUT2D eigenvalue weighted by atomic mass is 10.1. The first-order valence-corrected chi connectivity index (χ1v) is 5.85. The average Bonchev–Trinajstić information content (AvgIpc) is 2.55. The number of fused-ring (bicyclic) bond motifs is 1. The van der Waals surface area contributed by atoms with Gasteiger partial charge >= 0.3 is 0 Å². The molecule has 2 saturated heterocycles. The zero-order valence-corrected chi connectivity index (χ0v) is 9.68. The van der Waals surface area contributed by atoms with Gasteiger partial charge in [0, 0.05) is 11.8 Å². The van der Waals surface area contributed by atoms with Gasteiger partial charge in [-0.2, -0.15) is 12.6 Å². The monoisotopic (exact) mass is 214 g/mol. The second kappa shape index (κ2) is 3.42. The Balaban J connectivity index is 2.18. The summed E-state index contributed by atoms with van der Waals surface area (Å²) in [6, 6.07) is 0.0778. The van der Waals surface area contributed by atoms with Crippen LogP contribution in [0.15, 0.2) is 0 Å². The van der Waals surface area contributed by atoms with Gasteiger partial charge in [0.15, 0.2) is 0 Å². The summed E-state index contributed by atoms with van der Waals surface area (Å²) in [6.07, 6.45) is 3.02. The van der Waals surface area contributed by atoms with Crippen LogP contribution in [0.2, 0.25) is 0 Å². The molecule has 4 heteroatoms. The molecule has 2 aliphatic rings. The van der Waals surface area contributed by atoms with Crippen molar-refractivity contribution in [3.8, 4) is 0 Å². The van der Waals surface area contributed by atoms with E-state index in [1.807, 2.05) is 0 Å². The van der Waals surface area contributed by atoms with Crippen molar-refractivity contribution in [3.05, 3.63) is 0 Å². The number of amides is 1. The number of nitrogens with zero attached hydrogens (tertiary/aromatic N) is 1. The fourth-order valence-electron chi connectivity index (χ4n) is 2.72. The Labute approximate surface area is 90.6 Å². The molecule has 2 heterocycles. The Morgan fingerprint density at radius 1 is 1.71 bits per heavy atom. The standard InChI is InChI=1S/C10H18N2OS/c1-3-4-10(2)11-9(13)8-5-7(14)6-12(8)10/h7-8,14H,3-6H2,1-2H3,(H,11,13). The Morgan fingerprint density at radius 2 is 2.43 bits per heavy atom. The van der Waals surface area contributed by atoms with E-state index in [1.165, 1.54) is 0 Å². The molecule has 14 heavy (non-hydrogen) atoms. The lowest BCUT2D eigenvalue weighted by Gasteiger charge is -2.33. The van der Waals surface area contributed by atoms with Crippen LogP contribution < -0.4 is 5.32 Å². The largest absolute Gasteiger partial charge is 0.337 e. The number of rotatable bonds is 2. The van der Waals surface area contributed by atoms with E-state index in [0.717, 1.165) is 25.8 Å². The van der Waals surface area contributed by atoms with Gasteiger partial charge in [0.2, 0.25) is 5.91 Å². The Morgan fingerprint density at radius 3 is 3.07 bits per heavy atom. The number of nitrogens with one attached hydrogen (secondary N) is 1. The predicted molar refractivity (Wildman–Crippen MR) is 59.3 cm³/mol. The maximum atomic E-state index is 11.7. The molecule has 0 aromatic carbocycles. The first-order valence-electron chi connectivity index (χ1n) is 5.33. The summed E-state index contributed by atoms with van der Waals surface area (Å²) in [5.41, 5.74) is -0.117. The van der Waals surface area contributed by atoms with Crippen molar-refractivity contribution >= 4 is 18.5 Å². The molecule has 0 bridgehead atoms. The molecule has 3 unspecified atom stereocenters. The fourth-order valence-corrected chi connectivity index (χ4v) is 3.10. The van der Waals surface area contributed by atoms with Gasteiger partial charge in [-0.1, -0.05) is 13.3 Å². The van der Waals surface area contributed by atoms with Gasteiger partial charge in [0.1, 0.15) is 0 Å². The molecule has 1 amide bonds. The van der Waals surface area contributed by atoms with Crippen LogP contribution in [0.1, 0.15) is 33.1 Å². The zero-order valence-electron chi connectivity index (χ0n) is 8.79. The van der Waals surface area contributed by atoms with E-state index >= 15 is 0 Å². The topological polar surface area (TPSA) is 32.3 Å². The lowest BCUT2D eigenvalue weighted by molar-refractivity contribution is -0.121. The van der Waals surface area contributed by atoms with E-state index in [-0.39, 0.29) is 17.6 Å². The van der Waals surface area contributed by atoms with Crippen LogP contribution in [0.5, 0.6) is 0 Å². The summed E-state index contributed by atoms with van der Waals surface area (Å²) in [5, 5.41) is 3.47. The summed E-state index contributed by atoms with van der Waals surface area (Å²) < 4.78 is 0. The summed E-state index contributed by atoms with van der Waals surface area (Å²) in [4.78, 5) is 14.0. The number of hydrogen-bond acceptors (Lipinski definition) is 3. The molecule has 2 aliphatic heterocycles. The maximum absolute atomic E-state index is 11.7. The number of carbonyl (C=O) groups excluding carboxylic acids is 1. The summed E-state index contributed by atoms with van der Waals surface area (Å²) in [7, 11) is 0. The predicted octanol–water partition coefficient (Wildman–Crippen LogP) is 1.01. The Hall–Kier alpha value is -0.220. The highest BCUT2D eigenvalue weighted by Crippen LogP contribution is 2.35. The van der Waals surface area contributed by atoms with E-state index in [2.05, 4.69) is 36.7 Å². The molecule has 0 saturated carbocycles. The zero-order chi connectivity index (χ0) is 10.3. The molecule has 0 radical (unpaired) electrons. The first kappa shape index (κ1) is 10.3. The molecule has 0 spiro atoms. The molecule has 3 nitrogen and oxygen atoms in total. The van der Waals surface area contributed by atoms with Crippen molar-refractivity contribution in [1.29, 1.82) is 0 Å². The van der Waals surface area contributed by atoms with Crippen LogP contribution in [0.4, 0.5) is 0 Å². The van der Waals surface area contributed by atoms with Gasteiger partial charge < -0.3 is 5.32 Å². The van der Waals surface area contributed by atoms with Crippen LogP contribution in [0.25, 0.3) is 0 Å². The van der Waals surface area contributed by atoms with Crippen molar-refractivity contribution in [1.82, 2.24) is 10.2 Å². The van der Waals surface area contributed by atoms with Gasteiger partial charge in [0.25, 0.3) is 0 Å². The van der Waals surface area contributed by atoms with Crippen molar-refractivity contribution in [3.63, 3.8) is 0 Å². The van der Waals surface area contributed by atoms with Crippen molar-refractivity contribution in [2.24, 2.45) is 0 Å². The molecule has 0 aromatic heterocycles. The van der Waals surface area contributed by atoms with Crippen LogP contribution in [0.3, 0.4) is 0 Å². The minimum atomic E-state index is -0.117. The molecular weight excluding hydrogens is 196 g/mol. The van der Waals surface area contributed by atoms with E-state index in [4.69, 9.17) is 0 Å². The van der Waals surface area contributed by atoms with Gasteiger partial charge in [0.05, 0.1) is 11.7 Å². The van der Waals surface area contributed by atoms with E-state index in [0.29, 0.717) is 5.25 Å². The highest BCUT2D eigenvalue weighted by Gasteiger charge is 2.51. The highest BCUT2D eigenvalue weighted by molar-refractivity contribution is 7.81. The van der Waals surface area contributed by atoms with Gasteiger partial charge in [-0.05, 0) is 19.8 Å². The normalized spacial score (nSPS) is 42.6. The van der Waals surface area contributed by atoms with Crippen molar-refractivity contribution in [2.45, 2.75) is 50.1 Å². The average molecular weight is 214 g/mol. The van der Waals surface area contributed by atoms with Gasteiger partial charge in [-0.15, -0.1) is 0 Å². The van der Waals surface area contributed by atoms with Crippen molar-refractivity contribution in [2.75, 3.05) is 6.54 Å². The number of hydrogen-bond donors (Lipinski definition) is 2. The van der Waals surface area contributed by atoms with E-state index in [1.54, 1.807) is 0 Å². The second-order valence-electron chi connectivity index (χ2n) is 4.57. The van der Waals surface area contributed by atoms with Crippen LogP contribution in [-0.2, 0) is 4.79 Å². The molecular formula is C10H18N2OS. The molecule has 80 valence electrons. The number of carbonyl (C=O) groups is 1. The van der Waals surface area contributed by atoms with Gasteiger partial charge in [-0.25, -0.2) is 0 Å². The summed E-state index contributed by atoms with van der Waals surface area (Å²) >= 11 is 4.46. The van der Waals surface area contributed by atoms with Gasteiger partial charge in [-0.3, -0.25) is 9.69 Å². The Kier molecular flexibility index (Phi) is 2.52. The van der Waals surface area contributed by atoms with Crippen molar-refractivity contribution < 1.29 is 4.79 Å².